The van der Waals surface area contributed by atoms with Gasteiger partial charge in [-0.3, -0.25) is 4.79 Å². The molecular weight excluding hydrogens is 384 g/mol. The summed E-state index contributed by atoms with van der Waals surface area (Å²) in [6, 6.07) is 0. The second-order valence-corrected chi connectivity index (χ2v) is 9.55. The highest BCUT2D eigenvalue weighted by Crippen LogP contribution is 2.28. The summed E-state index contributed by atoms with van der Waals surface area (Å²) < 4.78 is 0. The van der Waals surface area contributed by atoms with E-state index in [2.05, 4.69) is 33.4 Å². The molecule has 0 saturated carbocycles. The number of thiol groups is 1. The molecule has 0 spiro atoms. The number of unbranched alkanes of at least 4 members (excludes halogenated alkanes) is 15. The van der Waals surface area contributed by atoms with Crippen LogP contribution in [0.5, 0.6) is 0 Å². The normalized spacial score (nSPS) is 16.0. The summed E-state index contributed by atoms with van der Waals surface area (Å²) in [6.45, 7) is 8.75. The lowest BCUT2D eigenvalue weighted by Crippen LogP contribution is -2.13. The van der Waals surface area contributed by atoms with E-state index in [9.17, 15) is 4.79 Å². The first-order chi connectivity index (χ1) is 14.6. The fraction of sp³-hybridized carbons (Fsp3) is 0.821. The third-order valence-corrected chi connectivity index (χ3v) is 6.80. The van der Waals surface area contributed by atoms with Crippen LogP contribution < -0.4 is 0 Å². The monoisotopic (exact) mass is 436 g/mol. The van der Waals surface area contributed by atoms with Gasteiger partial charge in [-0.05, 0) is 29.4 Å². The van der Waals surface area contributed by atoms with E-state index in [1.54, 1.807) is 6.08 Å². The largest absolute Gasteiger partial charge is 0.294 e. The average Bonchev–Trinajstić information content (AvgIpc) is 2.75. The highest BCUT2D eigenvalue weighted by atomic mass is 32.1. The molecule has 1 unspecified atom stereocenters. The highest BCUT2D eigenvalue weighted by Gasteiger charge is 2.19. The van der Waals surface area contributed by atoms with E-state index in [0.717, 1.165) is 11.3 Å². The third-order valence-electron chi connectivity index (χ3n) is 6.12. The molecule has 1 aliphatic carbocycles. The van der Waals surface area contributed by atoms with Crippen LogP contribution in [0.4, 0.5) is 0 Å². The fourth-order valence-corrected chi connectivity index (χ4v) is 4.18. The molecule has 0 fully saturated rings. The minimum atomic E-state index is -0.0297. The summed E-state index contributed by atoms with van der Waals surface area (Å²) >= 11 is 4.49. The number of hydrogen-bond acceptors (Lipinski definition) is 2. The van der Waals surface area contributed by atoms with Crippen LogP contribution in [0.25, 0.3) is 0 Å². The van der Waals surface area contributed by atoms with Crippen molar-refractivity contribution in [2.45, 2.75) is 143 Å². The van der Waals surface area contributed by atoms with Crippen molar-refractivity contribution >= 4 is 18.4 Å². The molecule has 0 radical (unpaired) electrons. The number of rotatable bonds is 17. The molecule has 0 saturated heterocycles. The Morgan fingerprint density at radius 2 is 1.00 bits per heavy atom. The van der Waals surface area contributed by atoms with Crippen molar-refractivity contribution in [3.63, 3.8) is 0 Å². The molecule has 0 bridgehead atoms. The Bertz CT molecular complexity index is 453. The van der Waals surface area contributed by atoms with Crippen molar-refractivity contribution in [2.75, 3.05) is 0 Å². The Balaban J connectivity index is 0.000000612. The van der Waals surface area contributed by atoms with Gasteiger partial charge in [-0.2, -0.15) is 0 Å². The Morgan fingerprint density at radius 1 is 0.633 bits per heavy atom. The summed E-state index contributed by atoms with van der Waals surface area (Å²) in [5.74, 6) is 0.154. The van der Waals surface area contributed by atoms with Crippen LogP contribution in [0.2, 0.25) is 0 Å². The molecule has 0 aromatic rings. The molecular formula is C28H52OS. The van der Waals surface area contributed by atoms with Crippen LogP contribution in [0, 0.1) is 5.92 Å². The number of carbonyl (C=O) groups excluding carboxylic acids is 1. The first kappa shape index (κ1) is 29.5. The Morgan fingerprint density at radius 3 is 1.40 bits per heavy atom. The highest BCUT2D eigenvalue weighted by molar-refractivity contribution is 7.84. The van der Waals surface area contributed by atoms with Crippen molar-refractivity contribution in [3.05, 3.63) is 22.6 Å². The maximum Gasteiger partial charge on any atom is 0.163 e. The molecule has 0 aromatic heterocycles. The van der Waals surface area contributed by atoms with Gasteiger partial charge in [0.15, 0.2) is 5.78 Å². The molecule has 0 aromatic carbocycles. The molecule has 0 aliphatic heterocycles. The second kappa shape index (κ2) is 21.7. The predicted octanol–water partition coefficient (Wildman–Crippen LogP) is 10.0. The Hall–Kier alpha value is -0.500. The summed E-state index contributed by atoms with van der Waals surface area (Å²) in [7, 11) is 0. The van der Waals surface area contributed by atoms with Gasteiger partial charge in [0.2, 0.25) is 0 Å². The Kier molecular flexibility index (Phi) is 21.4. The van der Waals surface area contributed by atoms with Crippen LogP contribution in [0.15, 0.2) is 22.6 Å². The molecule has 1 nitrogen and oxygen atoms in total. The van der Waals surface area contributed by atoms with Crippen LogP contribution in [0.3, 0.4) is 0 Å². The van der Waals surface area contributed by atoms with Gasteiger partial charge in [0.1, 0.15) is 0 Å². The predicted molar refractivity (Wildman–Crippen MR) is 139 cm³/mol. The molecule has 1 atom stereocenters. The smallest absolute Gasteiger partial charge is 0.163 e. The molecule has 0 N–H and O–H groups in total. The van der Waals surface area contributed by atoms with Crippen LogP contribution in [-0.4, -0.2) is 5.78 Å². The number of allylic oxidation sites excluding steroid dienone is 4. The lowest BCUT2D eigenvalue weighted by atomic mass is 9.93. The molecule has 1 rings (SSSR count). The molecule has 176 valence electrons. The van der Waals surface area contributed by atoms with Gasteiger partial charge in [0, 0.05) is 5.92 Å². The minimum Gasteiger partial charge on any atom is -0.294 e. The lowest BCUT2D eigenvalue weighted by Gasteiger charge is -2.17. The van der Waals surface area contributed by atoms with E-state index in [1.165, 1.54) is 115 Å². The second-order valence-electron chi connectivity index (χ2n) is 9.07. The Labute approximate surface area is 195 Å². The van der Waals surface area contributed by atoms with Gasteiger partial charge < -0.3 is 0 Å². The standard InChI is InChI=1S/C16H26OS.C12H26/c1-3-4-5-6-7-8-9-10-14-11-12-15(17)13(2)16(14)18;1-3-5-7-9-11-12-10-8-6-4-2/h11-13,18H,3-10H2,1-2H3;3-12H2,1-2H3. The van der Waals surface area contributed by atoms with Crippen molar-refractivity contribution in [2.24, 2.45) is 5.92 Å². The molecule has 30 heavy (non-hydrogen) atoms. The zero-order chi connectivity index (χ0) is 22.5. The van der Waals surface area contributed by atoms with E-state index >= 15 is 0 Å². The third kappa shape index (κ3) is 16.2. The van der Waals surface area contributed by atoms with E-state index < -0.39 is 0 Å². The van der Waals surface area contributed by atoms with E-state index in [0.29, 0.717) is 0 Å². The van der Waals surface area contributed by atoms with Gasteiger partial charge >= 0.3 is 0 Å². The van der Waals surface area contributed by atoms with Gasteiger partial charge in [-0.1, -0.05) is 137 Å². The maximum absolute atomic E-state index is 11.5. The van der Waals surface area contributed by atoms with E-state index in [-0.39, 0.29) is 11.7 Å². The van der Waals surface area contributed by atoms with Crippen LogP contribution in [0.1, 0.15) is 143 Å². The average molecular weight is 437 g/mol. The van der Waals surface area contributed by atoms with Gasteiger partial charge in [-0.25, -0.2) is 0 Å². The lowest BCUT2D eigenvalue weighted by molar-refractivity contribution is -0.116. The summed E-state index contributed by atoms with van der Waals surface area (Å²) in [5.41, 5.74) is 1.26. The zero-order valence-corrected chi connectivity index (χ0v) is 21.7. The topological polar surface area (TPSA) is 17.1 Å². The van der Waals surface area contributed by atoms with Gasteiger partial charge in [0.25, 0.3) is 0 Å². The van der Waals surface area contributed by atoms with Crippen molar-refractivity contribution in [3.8, 4) is 0 Å². The van der Waals surface area contributed by atoms with E-state index in [4.69, 9.17) is 0 Å². The van der Waals surface area contributed by atoms with Crippen LogP contribution >= 0.6 is 12.6 Å². The van der Waals surface area contributed by atoms with E-state index in [1.807, 2.05) is 13.0 Å². The number of hydrogen-bond donors (Lipinski definition) is 1. The number of ketones is 1. The first-order valence-corrected chi connectivity index (χ1v) is 13.7. The van der Waals surface area contributed by atoms with Crippen molar-refractivity contribution in [1.82, 2.24) is 0 Å². The fourth-order valence-electron chi connectivity index (χ4n) is 3.87. The molecule has 2 heteroatoms. The van der Waals surface area contributed by atoms with Crippen molar-refractivity contribution in [1.29, 1.82) is 0 Å². The maximum atomic E-state index is 11.5. The minimum absolute atomic E-state index is 0.0297. The molecule has 0 heterocycles. The molecule has 1 aliphatic rings. The quantitative estimate of drug-likeness (QED) is 0.177. The summed E-state index contributed by atoms with van der Waals surface area (Å²) in [5, 5.41) is 0. The van der Waals surface area contributed by atoms with Crippen LogP contribution in [-0.2, 0) is 4.79 Å². The van der Waals surface area contributed by atoms with Gasteiger partial charge in [-0.15, -0.1) is 12.6 Å². The summed E-state index contributed by atoms with van der Waals surface area (Å²) in [4.78, 5) is 12.4. The molecule has 0 amide bonds. The first-order valence-electron chi connectivity index (χ1n) is 13.2. The zero-order valence-electron chi connectivity index (χ0n) is 20.8. The van der Waals surface area contributed by atoms with Gasteiger partial charge in [0.05, 0.1) is 0 Å². The number of carbonyl (C=O) groups is 1. The summed E-state index contributed by atoms with van der Waals surface area (Å²) in [6.07, 6.45) is 28.5. The SMILES string of the molecule is CCCCCCCCCC1=C(S)C(C)C(=O)C=C1.CCCCCCCCCCCC. The van der Waals surface area contributed by atoms with Crippen molar-refractivity contribution < 1.29 is 4.79 Å².